The Labute approximate surface area is 123 Å². The van der Waals surface area contributed by atoms with Crippen molar-refractivity contribution in [2.45, 2.75) is 76.5 Å². The topological polar surface area (TPSA) is 113 Å². The molecule has 7 nitrogen and oxygen atoms in total. The number of ether oxygens (including phenoxy) is 2. The van der Waals surface area contributed by atoms with Crippen molar-refractivity contribution in [3.63, 3.8) is 0 Å². The van der Waals surface area contributed by atoms with Gasteiger partial charge in [-0.25, -0.2) is 4.79 Å². The second-order valence-corrected chi connectivity index (χ2v) is 6.36. The maximum absolute atomic E-state index is 12.4. The molecule has 0 bridgehead atoms. The van der Waals surface area contributed by atoms with E-state index < -0.39 is 41.5 Å². The van der Waals surface area contributed by atoms with Crippen LogP contribution in [0.5, 0.6) is 0 Å². The lowest BCUT2D eigenvalue weighted by Gasteiger charge is -2.42. The van der Waals surface area contributed by atoms with E-state index >= 15 is 0 Å². The highest BCUT2D eigenvalue weighted by Gasteiger charge is 2.54. The van der Waals surface area contributed by atoms with Gasteiger partial charge in [0.05, 0.1) is 12.2 Å². The van der Waals surface area contributed by atoms with Crippen LogP contribution < -0.4 is 0 Å². The Kier molecular flexibility index (Phi) is 5.35. The van der Waals surface area contributed by atoms with Crippen molar-refractivity contribution in [3.8, 4) is 0 Å². The number of aliphatic hydroxyl groups is 3. The highest BCUT2D eigenvalue weighted by molar-refractivity contribution is 5.84. The molecular formula is C14H24O7. The predicted octanol–water partition coefficient (Wildman–Crippen LogP) is -0.103. The summed E-state index contributed by atoms with van der Waals surface area (Å²) >= 11 is 0. The first-order valence-corrected chi connectivity index (χ1v) is 7.00. The molecule has 21 heavy (non-hydrogen) atoms. The molecule has 1 rings (SSSR count). The molecule has 1 fully saturated rings. The lowest BCUT2D eigenvalue weighted by atomic mass is 9.79. The average Bonchev–Trinajstić information content (AvgIpc) is 2.33. The van der Waals surface area contributed by atoms with Crippen LogP contribution in [0.15, 0.2) is 0 Å². The molecule has 0 spiro atoms. The monoisotopic (exact) mass is 304 g/mol. The molecule has 1 aliphatic carbocycles. The second-order valence-electron chi connectivity index (χ2n) is 6.36. The van der Waals surface area contributed by atoms with E-state index in [0.29, 0.717) is 0 Å². The molecule has 0 amide bonds. The highest BCUT2D eigenvalue weighted by atomic mass is 16.6. The Morgan fingerprint density at radius 1 is 1.14 bits per heavy atom. The molecule has 1 aliphatic rings. The van der Waals surface area contributed by atoms with Crippen molar-refractivity contribution in [3.05, 3.63) is 0 Å². The van der Waals surface area contributed by atoms with Gasteiger partial charge in [-0.2, -0.15) is 0 Å². The number of hydrogen-bond acceptors (Lipinski definition) is 7. The van der Waals surface area contributed by atoms with Crippen LogP contribution in [0.4, 0.5) is 0 Å². The van der Waals surface area contributed by atoms with Gasteiger partial charge in [0, 0.05) is 19.3 Å². The first-order valence-electron chi connectivity index (χ1n) is 7.00. The van der Waals surface area contributed by atoms with Crippen LogP contribution in [0, 0.1) is 0 Å². The maximum Gasteiger partial charge on any atom is 0.351 e. The number of aliphatic hydroxyl groups excluding tert-OH is 3. The Bertz CT molecular complexity index is 387. The van der Waals surface area contributed by atoms with Crippen molar-refractivity contribution < 1.29 is 34.4 Å². The van der Waals surface area contributed by atoms with Gasteiger partial charge in [-0.1, -0.05) is 6.92 Å². The lowest BCUT2D eigenvalue weighted by Crippen LogP contribution is -2.59. The zero-order chi connectivity index (χ0) is 16.4. The molecule has 2 unspecified atom stereocenters. The lowest BCUT2D eigenvalue weighted by molar-refractivity contribution is -0.214. The summed E-state index contributed by atoms with van der Waals surface area (Å²) < 4.78 is 10.4. The van der Waals surface area contributed by atoms with Gasteiger partial charge in [0.1, 0.15) is 11.7 Å². The summed E-state index contributed by atoms with van der Waals surface area (Å²) in [7, 11) is 0. The minimum absolute atomic E-state index is 0.0410. The minimum atomic E-state index is -1.78. The fourth-order valence-electron chi connectivity index (χ4n) is 2.21. The van der Waals surface area contributed by atoms with Crippen LogP contribution in [0.2, 0.25) is 0 Å². The fourth-order valence-corrected chi connectivity index (χ4v) is 2.21. The zero-order valence-electron chi connectivity index (χ0n) is 12.8. The highest BCUT2D eigenvalue weighted by Crippen LogP contribution is 2.35. The van der Waals surface area contributed by atoms with Crippen molar-refractivity contribution in [1.82, 2.24) is 0 Å². The maximum atomic E-state index is 12.4. The number of hydrogen-bond donors (Lipinski definition) is 3. The molecule has 0 heterocycles. The van der Waals surface area contributed by atoms with Crippen molar-refractivity contribution in [1.29, 1.82) is 0 Å². The van der Waals surface area contributed by atoms with E-state index in [1.165, 1.54) is 0 Å². The second kappa shape index (κ2) is 6.29. The normalized spacial score (nSPS) is 33.4. The van der Waals surface area contributed by atoms with Crippen molar-refractivity contribution in [2.24, 2.45) is 0 Å². The van der Waals surface area contributed by atoms with Gasteiger partial charge >= 0.3 is 11.9 Å². The molecule has 2 atom stereocenters. The largest absolute Gasteiger partial charge is 0.457 e. The molecule has 0 aliphatic heterocycles. The van der Waals surface area contributed by atoms with Gasteiger partial charge in [0.15, 0.2) is 0 Å². The summed E-state index contributed by atoms with van der Waals surface area (Å²) in [5, 5.41) is 29.2. The minimum Gasteiger partial charge on any atom is -0.457 e. The Balaban J connectivity index is 3.06. The Morgan fingerprint density at radius 2 is 1.62 bits per heavy atom. The SMILES string of the molecule is CCC(=O)OC1(C(=O)OC(C)(C)C)CC(O)C(O)C(O)C1. The average molecular weight is 304 g/mol. The summed E-state index contributed by atoms with van der Waals surface area (Å²) in [5.74, 6) is -1.47. The first-order chi connectivity index (χ1) is 9.50. The van der Waals surface area contributed by atoms with E-state index in [1.807, 2.05) is 0 Å². The number of carbonyl (C=O) groups is 2. The van der Waals surface area contributed by atoms with Gasteiger partial charge in [-0.3, -0.25) is 4.79 Å². The van der Waals surface area contributed by atoms with E-state index in [2.05, 4.69) is 0 Å². The first kappa shape index (κ1) is 17.9. The molecule has 122 valence electrons. The summed E-state index contributed by atoms with van der Waals surface area (Å²) in [4.78, 5) is 24.0. The van der Waals surface area contributed by atoms with Crippen LogP contribution in [-0.2, 0) is 19.1 Å². The molecule has 0 aromatic heterocycles. The van der Waals surface area contributed by atoms with Gasteiger partial charge < -0.3 is 24.8 Å². The van der Waals surface area contributed by atoms with Crippen molar-refractivity contribution >= 4 is 11.9 Å². The number of rotatable bonds is 3. The molecule has 0 aromatic carbocycles. The van der Waals surface area contributed by atoms with Gasteiger partial charge in [-0.05, 0) is 20.8 Å². The van der Waals surface area contributed by atoms with E-state index in [1.54, 1.807) is 27.7 Å². The Morgan fingerprint density at radius 3 is 2.00 bits per heavy atom. The number of esters is 2. The molecule has 3 N–H and O–H groups in total. The van der Waals surface area contributed by atoms with E-state index in [-0.39, 0.29) is 19.3 Å². The van der Waals surface area contributed by atoms with Crippen LogP contribution in [0.1, 0.15) is 47.0 Å². The predicted molar refractivity (Wildman–Crippen MR) is 72.2 cm³/mol. The summed E-state index contributed by atoms with van der Waals surface area (Å²) in [5.41, 5.74) is -2.59. The van der Waals surface area contributed by atoms with Crippen LogP contribution in [0.3, 0.4) is 0 Å². The van der Waals surface area contributed by atoms with E-state index in [0.717, 1.165) is 0 Å². The standard InChI is InChI=1S/C14H24O7/c1-5-10(17)20-14(12(19)21-13(2,3)4)6-8(15)11(18)9(16)7-14/h8-9,11,15-16,18H,5-7H2,1-4H3. The van der Waals surface area contributed by atoms with Crippen molar-refractivity contribution in [2.75, 3.05) is 0 Å². The molecule has 1 saturated carbocycles. The number of carbonyl (C=O) groups excluding carboxylic acids is 2. The molecule has 7 heteroatoms. The third-order valence-electron chi connectivity index (χ3n) is 3.23. The molecular weight excluding hydrogens is 280 g/mol. The third kappa shape index (κ3) is 4.39. The summed E-state index contributed by atoms with van der Waals surface area (Å²) in [6.07, 6.45) is -4.74. The van der Waals surface area contributed by atoms with Crippen LogP contribution in [-0.4, -0.2) is 56.8 Å². The van der Waals surface area contributed by atoms with Gasteiger partial charge in [0.25, 0.3) is 0 Å². The van der Waals surface area contributed by atoms with E-state index in [4.69, 9.17) is 9.47 Å². The zero-order valence-corrected chi connectivity index (χ0v) is 12.8. The van der Waals surface area contributed by atoms with Crippen LogP contribution >= 0.6 is 0 Å². The van der Waals surface area contributed by atoms with E-state index in [9.17, 15) is 24.9 Å². The van der Waals surface area contributed by atoms with Gasteiger partial charge in [-0.15, -0.1) is 0 Å². The third-order valence-corrected chi connectivity index (χ3v) is 3.23. The molecule has 0 saturated heterocycles. The fraction of sp³-hybridized carbons (Fsp3) is 0.857. The Hall–Kier alpha value is -1.18. The quantitative estimate of drug-likeness (QED) is 0.624. The van der Waals surface area contributed by atoms with Crippen LogP contribution in [0.25, 0.3) is 0 Å². The smallest absolute Gasteiger partial charge is 0.351 e. The molecule has 0 aromatic rings. The summed E-state index contributed by atoms with van der Waals surface area (Å²) in [6.45, 7) is 6.54. The molecule has 0 radical (unpaired) electrons. The summed E-state index contributed by atoms with van der Waals surface area (Å²) in [6, 6.07) is 0. The van der Waals surface area contributed by atoms with Gasteiger partial charge in [0.2, 0.25) is 5.60 Å².